The number of hydrogen-bond acceptors (Lipinski definition) is 5. The van der Waals surface area contributed by atoms with Gasteiger partial charge in [-0.15, -0.1) is 0 Å². The highest BCUT2D eigenvalue weighted by atomic mass is 35.5. The first-order chi connectivity index (χ1) is 13.5. The van der Waals surface area contributed by atoms with Gasteiger partial charge in [0.25, 0.3) is 5.91 Å². The highest BCUT2D eigenvalue weighted by Crippen LogP contribution is 2.21. The van der Waals surface area contributed by atoms with Crippen molar-refractivity contribution in [2.75, 3.05) is 19.0 Å². The van der Waals surface area contributed by atoms with Gasteiger partial charge in [0.1, 0.15) is 0 Å². The van der Waals surface area contributed by atoms with Crippen LogP contribution in [0.5, 0.6) is 5.75 Å². The molecule has 1 N–H and O–H groups in total. The van der Waals surface area contributed by atoms with Crippen molar-refractivity contribution in [1.29, 1.82) is 0 Å². The van der Waals surface area contributed by atoms with Crippen LogP contribution in [0.15, 0.2) is 54.7 Å². The van der Waals surface area contributed by atoms with Gasteiger partial charge in [0.05, 0.1) is 19.0 Å². The van der Waals surface area contributed by atoms with E-state index in [1.807, 2.05) is 37.3 Å². The first-order valence-corrected chi connectivity index (χ1v) is 8.78. The number of halogens is 1. The Balaban J connectivity index is 1.65. The van der Waals surface area contributed by atoms with Crippen LogP contribution in [0, 0.1) is 6.92 Å². The van der Waals surface area contributed by atoms with Crippen molar-refractivity contribution in [3.63, 3.8) is 0 Å². The molecule has 0 aliphatic carbocycles. The summed E-state index contributed by atoms with van der Waals surface area (Å²) in [7, 11) is 1.43. The molecular formula is C20H18ClN3O4. The number of nitrogens with one attached hydrogen (secondary N) is 1. The highest BCUT2D eigenvalue weighted by Gasteiger charge is 2.21. The SMILES string of the molecule is COc1cn(-c2ccccc2)nc1C(=O)OCC(=O)Nc1ccc(C)c(Cl)c1. The first kappa shape index (κ1) is 19.4. The van der Waals surface area contributed by atoms with Crippen LogP contribution >= 0.6 is 11.6 Å². The van der Waals surface area contributed by atoms with Crippen LogP contribution in [-0.2, 0) is 9.53 Å². The Hall–Kier alpha value is -3.32. The van der Waals surface area contributed by atoms with E-state index in [1.54, 1.807) is 24.4 Å². The summed E-state index contributed by atoms with van der Waals surface area (Å²) < 4.78 is 11.8. The van der Waals surface area contributed by atoms with E-state index in [-0.39, 0.29) is 11.4 Å². The molecule has 1 aromatic heterocycles. The number of esters is 1. The molecule has 0 saturated heterocycles. The molecule has 7 nitrogen and oxygen atoms in total. The second-order valence-electron chi connectivity index (χ2n) is 5.91. The van der Waals surface area contributed by atoms with Crippen molar-refractivity contribution in [3.05, 3.63) is 71.0 Å². The van der Waals surface area contributed by atoms with Crippen molar-refractivity contribution in [1.82, 2.24) is 9.78 Å². The minimum absolute atomic E-state index is 0.0162. The van der Waals surface area contributed by atoms with Crippen LogP contribution in [-0.4, -0.2) is 35.4 Å². The number of rotatable bonds is 6. The number of hydrogen-bond donors (Lipinski definition) is 1. The molecule has 0 bridgehead atoms. The molecule has 8 heteroatoms. The lowest BCUT2D eigenvalue weighted by atomic mass is 10.2. The van der Waals surface area contributed by atoms with Gasteiger partial charge in [-0.3, -0.25) is 4.79 Å². The highest BCUT2D eigenvalue weighted by molar-refractivity contribution is 6.31. The molecule has 144 valence electrons. The maximum atomic E-state index is 12.3. The molecule has 0 saturated carbocycles. The van der Waals surface area contributed by atoms with Gasteiger partial charge in [0.2, 0.25) is 5.69 Å². The zero-order valence-corrected chi connectivity index (χ0v) is 16.1. The Bertz CT molecular complexity index is 1000. The average Bonchev–Trinajstić information content (AvgIpc) is 3.14. The number of methoxy groups -OCH3 is 1. The molecule has 3 aromatic rings. The van der Waals surface area contributed by atoms with Gasteiger partial charge in [0, 0.05) is 10.7 Å². The van der Waals surface area contributed by atoms with Gasteiger partial charge in [-0.1, -0.05) is 35.9 Å². The average molecular weight is 400 g/mol. The molecule has 2 aromatic carbocycles. The molecule has 0 aliphatic rings. The summed E-state index contributed by atoms with van der Waals surface area (Å²) in [6.07, 6.45) is 1.57. The van der Waals surface area contributed by atoms with Crippen molar-refractivity contribution in [2.45, 2.75) is 6.92 Å². The lowest BCUT2D eigenvalue weighted by molar-refractivity contribution is -0.119. The Morgan fingerprint density at radius 2 is 1.93 bits per heavy atom. The summed E-state index contributed by atoms with van der Waals surface area (Å²) in [6.45, 7) is 1.39. The molecule has 0 spiro atoms. The molecule has 0 aliphatic heterocycles. The second-order valence-corrected chi connectivity index (χ2v) is 6.32. The van der Waals surface area contributed by atoms with Gasteiger partial charge in [-0.25, -0.2) is 9.48 Å². The summed E-state index contributed by atoms with van der Waals surface area (Å²) in [5.74, 6) is -1.00. The van der Waals surface area contributed by atoms with Crippen molar-refractivity contribution >= 4 is 29.2 Å². The Kier molecular flexibility index (Phi) is 5.96. The van der Waals surface area contributed by atoms with Crippen LogP contribution in [0.25, 0.3) is 5.69 Å². The summed E-state index contributed by atoms with van der Waals surface area (Å²) in [5.41, 5.74) is 2.15. The van der Waals surface area contributed by atoms with E-state index in [9.17, 15) is 9.59 Å². The summed E-state index contributed by atoms with van der Waals surface area (Å²) >= 11 is 6.03. The Labute approximate surface area is 166 Å². The third-order valence-corrected chi connectivity index (χ3v) is 4.31. The van der Waals surface area contributed by atoms with Crippen LogP contribution in [0.3, 0.4) is 0 Å². The number of aromatic nitrogens is 2. The molecular weight excluding hydrogens is 382 g/mol. The summed E-state index contributed by atoms with van der Waals surface area (Å²) in [4.78, 5) is 24.4. The largest absolute Gasteiger partial charge is 0.493 e. The minimum atomic E-state index is -0.761. The van der Waals surface area contributed by atoms with Crippen LogP contribution in [0.4, 0.5) is 5.69 Å². The Morgan fingerprint density at radius 1 is 1.18 bits per heavy atom. The van der Waals surface area contributed by atoms with Crippen molar-refractivity contribution in [3.8, 4) is 11.4 Å². The van der Waals surface area contributed by atoms with Gasteiger partial charge in [0.15, 0.2) is 12.4 Å². The minimum Gasteiger partial charge on any atom is -0.493 e. The van der Waals surface area contributed by atoms with Gasteiger partial charge >= 0.3 is 5.97 Å². The predicted octanol–water partition coefficient (Wildman–Crippen LogP) is 3.64. The zero-order chi connectivity index (χ0) is 20.1. The fraction of sp³-hybridized carbons (Fsp3) is 0.150. The fourth-order valence-corrected chi connectivity index (χ4v) is 2.61. The van der Waals surface area contributed by atoms with Crippen molar-refractivity contribution < 1.29 is 19.1 Å². The van der Waals surface area contributed by atoms with E-state index < -0.39 is 18.5 Å². The number of carbonyl (C=O) groups excluding carboxylic acids is 2. The lowest BCUT2D eigenvalue weighted by Gasteiger charge is -2.07. The van der Waals surface area contributed by atoms with Gasteiger partial charge < -0.3 is 14.8 Å². The molecule has 0 atom stereocenters. The molecule has 0 fully saturated rings. The third-order valence-electron chi connectivity index (χ3n) is 3.90. The van der Waals surface area contributed by atoms with E-state index in [4.69, 9.17) is 21.1 Å². The smallest absolute Gasteiger partial charge is 0.363 e. The quantitative estimate of drug-likeness (QED) is 0.640. The lowest BCUT2D eigenvalue weighted by Crippen LogP contribution is -2.21. The number of anilines is 1. The molecule has 0 radical (unpaired) electrons. The van der Waals surface area contributed by atoms with Gasteiger partial charge in [-0.2, -0.15) is 5.10 Å². The number of aryl methyl sites for hydroxylation is 1. The van der Waals surface area contributed by atoms with Crippen molar-refractivity contribution in [2.24, 2.45) is 0 Å². The number of benzene rings is 2. The summed E-state index contributed by atoms with van der Waals surface area (Å²) in [5, 5.41) is 7.35. The summed E-state index contributed by atoms with van der Waals surface area (Å²) in [6, 6.07) is 14.4. The number of nitrogens with zero attached hydrogens (tertiary/aromatic N) is 2. The predicted molar refractivity (Wildman–Crippen MR) is 105 cm³/mol. The number of ether oxygens (including phenoxy) is 2. The Morgan fingerprint density at radius 3 is 2.61 bits per heavy atom. The standard InChI is InChI=1S/C20H18ClN3O4/c1-13-8-9-14(10-16(13)21)22-18(25)12-28-20(26)19-17(27-2)11-24(23-19)15-6-4-3-5-7-15/h3-11H,12H2,1-2H3,(H,22,25). The molecule has 0 unspecified atom stereocenters. The third kappa shape index (κ3) is 4.50. The number of para-hydroxylation sites is 1. The molecule has 28 heavy (non-hydrogen) atoms. The topological polar surface area (TPSA) is 82.5 Å². The number of carbonyl (C=O) groups is 2. The van der Waals surface area contributed by atoms with Crippen LogP contribution in [0.2, 0.25) is 5.02 Å². The van der Waals surface area contributed by atoms with Gasteiger partial charge in [-0.05, 0) is 36.8 Å². The second kappa shape index (κ2) is 8.58. The fourth-order valence-electron chi connectivity index (χ4n) is 2.43. The molecule has 1 amide bonds. The van der Waals surface area contributed by atoms with E-state index >= 15 is 0 Å². The van der Waals surface area contributed by atoms with E-state index in [2.05, 4.69) is 10.4 Å². The van der Waals surface area contributed by atoms with E-state index in [0.29, 0.717) is 10.7 Å². The molecule has 3 rings (SSSR count). The monoisotopic (exact) mass is 399 g/mol. The molecule has 1 heterocycles. The normalized spacial score (nSPS) is 10.4. The number of amides is 1. The van der Waals surface area contributed by atoms with E-state index in [1.165, 1.54) is 11.8 Å². The van der Waals surface area contributed by atoms with Crippen LogP contribution in [0.1, 0.15) is 16.1 Å². The maximum absolute atomic E-state index is 12.3. The maximum Gasteiger partial charge on any atom is 0.363 e. The van der Waals surface area contributed by atoms with Crippen LogP contribution < -0.4 is 10.1 Å². The zero-order valence-electron chi connectivity index (χ0n) is 15.3. The van der Waals surface area contributed by atoms with E-state index in [0.717, 1.165) is 11.3 Å². The first-order valence-electron chi connectivity index (χ1n) is 8.40.